The van der Waals surface area contributed by atoms with Crippen molar-refractivity contribution in [3.05, 3.63) is 56.6 Å². The molecular weight excluding hydrogens is 368 g/mol. The molecule has 0 unspecified atom stereocenters. The maximum Gasteiger partial charge on any atom is 0.310 e. The van der Waals surface area contributed by atoms with Crippen LogP contribution in [0.3, 0.4) is 0 Å². The standard InChI is InChI=1S/C6H5ClN2O2.C6H7ClN2.Zn/c7-4-2-1-3-5(8)6(4)9(10)11;7-4-2-1-3-5(8)6(4)9;/h1-3H,8H2;1-3H,8-9H2;. The van der Waals surface area contributed by atoms with Crippen molar-refractivity contribution in [3.63, 3.8) is 0 Å². The van der Waals surface area contributed by atoms with Crippen LogP contribution in [-0.2, 0) is 19.5 Å². The molecule has 0 radical (unpaired) electrons. The maximum atomic E-state index is 10.3. The molecule has 0 aromatic heterocycles. The minimum absolute atomic E-state index is 0. The molecule has 0 heterocycles. The summed E-state index contributed by atoms with van der Waals surface area (Å²) in [4.78, 5) is 9.68. The first-order chi connectivity index (χ1) is 9.34. The van der Waals surface area contributed by atoms with Crippen LogP contribution < -0.4 is 17.2 Å². The largest absolute Gasteiger partial charge is 0.397 e. The molecule has 2 aromatic rings. The van der Waals surface area contributed by atoms with Gasteiger partial charge in [0.1, 0.15) is 10.7 Å². The van der Waals surface area contributed by atoms with Crippen LogP contribution in [0, 0.1) is 10.1 Å². The minimum Gasteiger partial charge on any atom is -0.397 e. The van der Waals surface area contributed by atoms with Gasteiger partial charge in [-0.2, -0.15) is 0 Å². The van der Waals surface area contributed by atoms with E-state index in [9.17, 15) is 10.1 Å². The molecule has 0 aliphatic rings. The Balaban J connectivity index is 0.000000370. The topological polar surface area (TPSA) is 121 Å². The third-order valence-electron chi connectivity index (χ3n) is 2.29. The predicted molar refractivity (Wildman–Crippen MR) is 82.8 cm³/mol. The molecule has 0 aliphatic heterocycles. The minimum atomic E-state index is -0.600. The van der Waals surface area contributed by atoms with Gasteiger partial charge in [-0.05, 0) is 24.3 Å². The van der Waals surface area contributed by atoms with Crippen LogP contribution in [-0.4, -0.2) is 4.92 Å². The first-order valence-electron chi connectivity index (χ1n) is 5.32. The maximum absolute atomic E-state index is 10.3. The molecule has 0 spiro atoms. The number of benzene rings is 2. The fourth-order valence-corrected chi connectivity index (χ4v) is 1.71. The Labute approximate surface area is 144 Å². The van der Waals surface area contributed by atoms with E-state index in [1.54, 1.807) is 24.3 Å². The van der Waals surface area contributed by atoms with Crippen LogP contribution in [0.2, 0.25) is 10.0 Å². The number of nitro benzene ring substituents is 1. The second-order valence-corrected chi connectivity index (χ2v) is 4.49. The van der Waals surface area contributed by atoms with Crippen molar-refractivity contribution in [2.75, 3.05) is 17.2 Å². The van der Waals surface area contributed by atoms with Crippen LogP contribution in [0.4, 0.5) is 22.7 Å². The molecule has 2 aromatic carbocycles. The van der Waals surface area contributed by atoms with Gasteiger partial charge >= 0.3 is 5.69 Å². The van der Waals surface area contributed by atoms with E-state index in [2.05, 4.69) is 0 Å². The van der Waals surface area contributed by atoms with Gasteiger partial charge in [-0.15, -0.1) is 0 Å². The van der Waals surface area contributed by atoms with Crippen LogP contribution in [0.15, 0.2) is 36.4 Å². The Bertz CT molecular complexity index is 600. The Hall–Kier alpha value is -1.56. The Morgan fingerprint density at radius 3 is 1.71 bits per heavy atom. The quantitative estimate of drug-likeness (QED) is 0.303. The van der Waals surface area contributed by atoms with Gasteiger partial charge in [0.2, 0.25) is 0 Å². The van der Waals surface area contributed by atoms with E-state index in [0.29, 0.717) is 16.4 Å². The summed E-state index contributed by atoms with van der Waals surface area (Å²) >= 11 is 11.1. The summed E-state index contributed by atoms with van der Waals surface area (Å²) < 4.78 is 0. The number of anilines is 3. The van der Waals surface area contributed by atoms with E-state index in [0.717, 1.165) is 0 Å². The third-order valence-corrected chi connectivity index (χ3v) is 2.92. The van der Waals surface area contributed by atoms with Crippen LogP contribution >= 0.6 is 23.2 Å². The van der Waals surface area contributed by atoms with E-state index in [1.807, 2.05) is 0 Å². The molecule has 9 heteroatoms. The first-order valence-corrected chi connectivity index (χ1v) is 6.08. The Kier molecular flexibility index (Phi) is 8.03. The van der Waals surface area contributed by atoms with Crippen molar-refractivity contribution in [3.8, 4) is 0 Å². The number of halogens is 2. The summed E-state index contributed by atoms with van der Waals surface area (Å²) in [7, 11) is 0. The van der Waals surface area contributed by atoms with Gasteiger partial charge in [0.25, 0.3) is 0 Å². The fourth-order valence-electron chi connectivity index (χ4n) is 1.28. The number of nitro groups is 1. The van der Waals surface area contributed by atoms with Gasteiger partial charge in [0.05, 0.1) is 21.3 Å². The summed E-state index contributed by atoms with van der Waals surface area (Å²) in [6, 6.07) is 9.59. The van der Waals surface area contributed by atoms with Gasteiger partial charge in [0, 0.05) is 19.5 Å². The molecule has 2 rings (SSSR count). The summed E-state index contributed by atoms with van der Waals surface area (Å²) in [5.41, 5.74) is 17.0. The summed E-state index contributed by atoms with van der Waals surface area (Å²) in [5, 5.41) is 10.9. The number of rotatable bonds is 1. The van der Waals surface area contributed by atoms with E-state index < -0.39 is 4.92 Å². The summed E-state index contributed by atoms with van der Waals surface area (Å²) in [6.45, 7) is 0. The first kappa shape index (κ1) is 19.4. The van der Waals surface area contributed by atoms with Crippen molar-refractivity contribution >= 4 is 46.0 Å². The third kappa shape index (κ3) is 5.38. The van der Waals surface area contributed by atoms with Crippen molar-refractivity contribution in [2.45, 2.75) is 0 Å². The monoisotopic (exact) mass is 378 g/mol. The molecule has 108 valence electrons. The van der Waals surface area contributed by atoms with Crippen LogP contribution in [0.5, 0.6) is 0 Å². The molecule has 6 nitrogen and oxygen atoms in total. The Morgan fingerprint density at radius 1 is 0.905 bits per heavy atom. The van der Waals surface area contributed by atoms with E-state index >= 15 is 0 Å². The number of hydrogen-bond donors (Lipinski definition) is 3. The average molecular weight is 381 g/mol. The second kappa shape index (κ2) is 8.67. The van der Waals surface area contributed by atoms with Crippen molar-refractivity contribution in [1.29, 1.82) is 0 Å². The van der Waals surface area contributed by atoms with Crippen LogP contribution in [0.25, 0.3) is 0 Å². The van der Waals surface area contributed by atoms with Gasteiger partial charge in [-0.3, -0.25) is 10.1 Å². The summed E-state index contributed by atoms with van der Waals surface area (Å²) in [5.74, 6) is 0. The number of nitrogens with two attached hydrogens (primary N) is 3. The smallest absolute Gasteiger partial charge is 0.310 e. The predicted octanol–water partition coefficient (Wildman–Crippen LogP) is 3.33. The Morgan fingerprint density at radius 2 is 1.38 bits per heavy atom. The van der Waals surface area contributed by atoms with Crippen molar-refractivity contribution < 1.29 is 24.4 Å². The number of nitrogens with zero attached hydrogens (tertiary/aromatic N) is 1. The number of nitrogen functional groups attached to an aromatic ring is 3. The molecule has 0 aliphatic carbocycles. The van der Waals surface area contributed by atoms with Gasteiger partial charge < -0.3 is 17.2 Å². The summed E-state index contributed by atoms with van der Waals surface area (Å²) in [6.07, 6.45) is 0. The molecule has 0 amide bonds. The van der Waals surface area contributed by atoms with E-state index in [-0.39, 0.29) is 35.9 Å². The zero-order valence-electron chi connectivity index (χ0n) is 10.9. The fraction of sp³-hybridized carbons (Fsp3) is 0. The molecule has 0 fully saturated rings. The van der Waals surface area contributed by atoms with E-state index in [1.165, 1.54) is 12.1 Å². The number of hydrogen-bond acceptors (Lipinski definition) is 5. The van der Waals surface area contributed by atoms with Gasteiger partial charge in [-0.1, -0.05) is 35.3 Å². The van der Waals surface area contributed by atoms with Crippen molar-refractivity contribution in [2.24, 2.45) is 0 Å². The van der Waals surface area contributed by atoms with Crippen LogP contribution in [0.1, 0.15) is 0 Å². The molecule has 0 saturated carbocycles. The molecule has 21 heavy (non-hydrogen) atoms. The van der Waals surface area contributed by atoms with Crippen molar-refractivity contribution in [1.82, 2.24) is 0 Å². The van der Waals surface area contributed by atoms with E-state index in [4.69, 9.17) is 40.4 Å². The van der Waals surface area contributed by atoms with Gasteiger partial charge in [-0.25, -0.2) is 0 Å². The number of para-hydroxylation sites is 2. The van der Waals surface area contributed by atoms with Gasteiger partial charge in [0.15, 0.2) is 0 Å². The SMILES string of the molecule is Nc1cccc(Cl)c1N.Nc1cccc(Cl)c1[N+](=O)[O-].[Zn]. The normalized spacial score (nSPS) is 9.05. The molecule has 0 atom stereocenters. The molecule has 6 N–H and O–H groups in total. The average Bonchev–Trinajstić information content (AvgIpc) is 2.36. The molecule has 0 bridgehead atoms. The second-order valence-electron chi connectivity index (χ2n) is 3.68. The zero-order chi connectivity index (χ0) is 15.3. The molecular formula is C12H12Cl2N4O2Zn. The molecule has 0 saturated heterocycles. The zero-order valence-corrected chi connectivity index (χ0v) is 15.4.